The number of fused-ring (bicyclic) bond motifs is 1. The molecule has 0 aromatic heterocycles. The van der Waals surface area contributed by atoms with Crippen LogP contribution in [-0.2, 0) is 6.54 Å². The summed E-state index contributed by atoms with van der Waals surface area (Å²) in [5.41, 5.74) is 1.24. The quantitative estimate of drug-likeness (QED) is 0.495. The molecule has 0 atom stereocenters. The summed E-state index contributed by atoms with van der Waals surface area (Å²) in [5, 5.41) is 3.31. The third kappa shape index (κ3) is 2.96. The lowest BCUT2D eigenvalue weighted by molar-refractivity contribution is 0.171. The third-order valence-electron chi connectivity index (χ3n) is 2.55. The van der Waals surface area contributed by atoms with Crippen LogP contribution in [0.5, 0.6) is 11.5 Å². The van der Waals surface area contributed by atoms with Gasteiger partial charge in [0.05, 0.1) is 0 Å². The number of hydrogen-bond acceptors (Lipinski definition) is 4. The normalized spacial score (nSPS) is 13.5. The lowest BCUT2D eigenvalue weighted by Crippen LogP contribution is -2.17. The zero-order valence-corrected chi connectivity index (χ0v) is 10.8. The number of ether oxygens (including phenoxy) is 2. The minimum atomic E-state index is 0.630. The molecule has 2 rings (SSSR count). The monoisotopic (exact) mass is 251 g/mol. The Hall–Kier alpha value is -1.13. The maximum Gasteiger partial charge on any atom is 0.162 e. The molecule has 4 heteroatoms. The molecule has 17 heavy (non-hydrogen) atoms. The first-order valence-corrected chi connectivity index (χ1v) is 6.85. The Morgan fingerprint density at radius 2 is 2.06 bits per heavy atom. The molecule has 1 aliphatic heterocycles. The third-order valence-corrected chi connectivity index (χ3v) is 3.37. The van der Waals surface area contributed by atoms with Gasteiger partial charge in [-0.3, -0.25) is 0 Å². The summed E-state index contributed by atoms with van der Waals surface area (Å²) in [6.07, 6.45) is 3.93. The van der Waals surface area contributed by atoms with Gasteiger partial charge in [0.15, 0.2) is 11.5 Å². The molecule has 0 unspecified atom stereocenters. The average Bonchev–Trinajstić information content (AvgIpc) is 2.38. The average molecular weight is 251 g/mol. The summed E-state index contributed by atoms with van der Waals surface area (Å²) in [5.74, 6) is 1.71. The van der Waals surface area contributed by atoms with Crippen LogP contribution in [-0.4, -0.2) is 26.0 Å². The van der Waals surface area contributed by atoms with Crippen molar-refractivity contribution in [3.8, 4) is 11.5 Å². The van der Waals surface area contributed by atoms with Crippen LogP contribution in [0.15, 0.2) is 29.7 Å². The highest BCUT2D eigenvalue weighted by Crippen LogP contribution is 2.36. The van der Waals surface area contributed by atoms with E-state index in [1.54, 1.807) is 11.8 Å². The van der Waals surface area contributed by atoms with E-state index in [9.17, 15) is 0 Å². The lowest BCUT2D eigenvalue weighted by atomic mass is 10.2. The van der Waals surface area contributed by atoms with Crippen LogP contribution in [0.4, 0.5) is 0 Å². The van der Waals surface area contributed by atoms with Crippen LogP contribution in [0, 0.1) is 0 Å². The smallest absolute Gasteiger partial charge is 0.162 e. The summed E-state index contributed by atoms with van der Waals surface area (Å²) >= 11 is 1.72. The van der Waals surface area contributed by atoms with Crippen LogP contribution < -0.4 is 14.8 Å². The van der Waals surface area contributed by atoms with Gasteiger partial charge in [-0.25, -0.2) is 0 Å². The van der Waals surface area contributed by atoms with Crippen molar-refractivity contribution in [1.29, 1.82) is 0 Å². The number of thioether (sulfide) groups is 1. The van der Waals surface area contributed by atoms with E-state index >= 15 is 0 Å². The Kier molecular flexibility index (Phi) is 4.34. The molecule has 1 aromatic rings. The van der Waals surface area contributed by atoms with Crippen molar-refractivity contribution in [1.82, 2.24) is 5.32 Å². The van der Waals surface area contributed by atoms with E-state index in [1.165, 1.54) is 10.5 Å². The summed E-state index contributed by atoms with van der Waals surface area (Å²) in [6.45, 7) is 6.58. The standard InChI is InChI=1S/C13H17NO2S/c1-3-4-14-9-10-7-11-12(8-13(10)17-2)16-6-5-15-11/h3,7-8,14H,1,4-6,9H2,2H3. The lowest BCUT2D eigenvalue weighted by Gasteiger charge is -2.20. The van der Waals surface area contributed by atoms with E-state index in [4.69, 9.17) is 9.47 Å². The Bertz CT molecular complexity index is 407. The fourth-order valence-electron chi connectivity index (χ4n) is 1.75. The summed E-state index contributed by atoms with van der Waals surface area (Å²) in [6, 6.07) is 4.13. The highest BCUT2D eigenvalue weighted by molar-refractivity contribution is 7.98. The van der Waals surface area contributed by atoms with Crippen molar-refractivity contribution in [2.45, 2.75) is 11.4 Å². The minimum Gasteiger partial charge on any atom is -0.486 e. The first-order valence-electron chi connectivity index (χ1n) is 5.63. The molecule has 0 radical (unpaired) electrons. The van der Waals surface area contributed by atoms with Crippen LogP contribution in [0.25, 0.3) is 0 Å². The molecule has 92 valence electrons. The van der Waals surface area contributed by atoms with E-state index in [2.05, 4.69) is 30.3 Å². The SMILES string of the molecule is C=CCNCc1cc2c(cc1SC)OCCO2. The molecule has 0 bridgehead atoms. The van der Waals surface area contributed by atoms with Gasteiger partial charge in [-0.1, -0.05) is 6.08 Å². The molecule has 0 fully saturated rings. The molecule has 0 amide bonds. The second-order valence-electron chi connectivity index (χ2n) is 3.73. The zero-order chi connectivity index (χ0) is 12.1. The van der Waals surface area contributed by atoms with Crippen LogP contribution in [0.3, 0.4) is 0 Å². The Morgan fingerprint density at radius 1 is 1.35 bits per heavy atom. The van der Waals surface area contributed by atoms with Gasteiger partial charge >= 0.3 is 0 Å². The van der Waals surface area contributed by atoms with E-state index in [-0.39, 0.29) is 0 Å². The number of benzene rings is 1. The predicted octanol–water partition coefficient (Wildman–Crippen LogP) is 2.46. The van der Waals surface area contributed by atoms with Gasteiger partial charge < -0.3 is 14.8 Å². The maximum atomic E-state index is 5.59. The van der Waals surface area contributed by atoms with Crippen molar-refractivity contribution in [2.75, 3.05) is 26.0 Å². The minimum absolute atomic E-state index is 0.630. The maximum absolute atomic E-state index is 5.59. The Morgan fingerprint density at radius 3 is 2.71 bits per heavy atom. The number of rotatable bonds is 5. The number of nitrogens with one attached hydrogen (secondary N) is 1. The van der Waals surface area contributed by atoms with Gasteiger partial charge in [-0.2, -0.15) is 0 Å². The summed E-state index contributed by atoms with van der Waals surface area (Å²) in [7, 11) is 0. The van der Waals surface area contributed by atoms with Gasteiger partial charge in [0, 0.05) is 18.0 Å². The topological polar surface area (TPSA) is 30.5 Å². The van der Waals surface area contributed by atoms with E-state index in [0.717, 1.165) is 24.6 Å². The second-order valence-corrected chi connectivity index (χ2v) is 4.58. The number of hydrogen-bond donors (Lipinski definition) is 1. The van der Waals surface area contributed by atoms with Crippen LogP contribution in [0.2, 0.25) is 0 Å². The van der Waals surface area contributed by atoms with E-state index < -0.39 is 0 Å². The highest BCUT2D eigenvalue weighted by Gasteiger charge is 2.15. The predicted molar refractivity (Wildman–Crippen MR) is 71.1 cm³/mol. The second kappa shape index (κ2) is 5.98. The van der Waals surface area contributed by atoms with Crippen molar-refractivity contribution >= 4 is 11.8 Å². The Labute approximate surface area is 106 Å². The first kappa shape index (κ1) is 12.3. The molecule has 1 aliphatic rings. The Balaban J connectivity index is 2.20. The van der Waals surface area contributed by atoms with Gasteiger partial charge in [-0.15, -0.1) is 18.3 Å². The molecule has 0 saturated carbocycles. The molecule has 1 heterocycles. The van der Waals surface area contributed by atoms with E-state index in [0.29, 0.717) is 13.2 Å². The first-order chi connectivity index (χ1) is 8.35. The molecule has 0 saturated heterocycles. The van der Waals surface area contributed by atoms with Gasteiger partial charge in [-0.05, 0) is 24.0 Å². The molecule has 1 N–H and O–H groups in total. The highest BCUT2D eigenvalue weighted by atomic mass is 32.2. The molecule has 3 nitrogen and oxygen atoms in total. The summed E-state index contributed by atoms with van der Waals surface area (Å²) < 4.78 is 11.2. The molecule has 0 spiro atoms. The molecular formula is C13H17NO2S. The van der Waals surface area contributed by atoms with Crippen molar-refractivity contribution in [3.63, 3.8) is 0 Å². The largest absolute Gasteiger partial charge is 0.486 e. The van der Waals surface area contributed by atoms with Crippen LogP contribution in [0.1, 0.15) is 5.56 Å². The fraction of sp³-hybridized carbons (Fsp3) is 0.385. The van der Waals surface area contributed by atoms with Crippen molar-refractivity contribution in [2.24, 2.45) is 0 Å². The molecule has 1 aromatic carbocycles. The van der Waals surface area contributed by atoms with Gasteiger partial charge in [0.1, 0.15) is 13.2 Å². The van der Waals surface area contributed by atoms with E-state index in [1.807, 2.05) is 6.08 Å². The molecular weight excluding hydrogens is 234 g/mol. The van der Waals surface area contributed by atoms with Gasteiger partial charge in [0.2, 0.25) is 0 Å². The van der Waals surface area contributed by atoms with Crippen LogP contribution >= 0.6 is 11.8 Å². The zero-order valence-electron chi connectivity index (χ0n) is 9.99. The van der Waals surface area contributed by atoms with Crippen molar-refractivity contribution in [3.05, 3.63) is 30.4 Å². The summed E-state index contributed by atoms with van der Waals surface area (Å²) in [4.78, 5) is 1.23. The fourth-order valence-corrected chi connectivity index (χ4v) is 2.37. The molecule has 0 aliphatic carbocycles. The van der Waals surface area contributed by atoms with Gasteiger partial charge in [0.25, 0.3) is 0 Å². The van der Waals surface area contributed by atoms with Crippen molar-refractivity contribution < 1.29 is 9.47 Å².